The van der Waals surface area contributed by atoms with Gasteiger partial charge in [-0.05, 0) is 94.9 Å². The molecular weight excluding hydrogens is 717 g/mol. The van der Waals surface area contributed by atoms with Crippen molar-refractivity contribution in [1.82, 2.24) is 18.3 Å². The van der Waals surface area contributed by atoms with Crippen molar-refractivity contribution in [3.05, 3.63) is 0 Å². The summed E-state index contributed by atoms with van der Waals surface area (Å²) in [5.41, 5.74) is 0.131. The third-order valence-corrected chi connectivity index (χ3v) is 59.7. The van der Waals surface area contributed by atoms with Gasteiger partial charge in [0.15, 0.2) is 0 Å². The van der Waals surface area contributed by atoms with E-state index in [-0.39, 0.29) is 5.54 Å². The summed E-state index contributed by atoms with van der Waals surface area (Å²) in [5, 5.41) is 1.87. The number of nitrogens with zero attached hydrogens (tertiary/aromatic N) is 4. The first-order valence-corrected chi connectivity index (χ1v) is 35.2. The molecule has 0 aromatic rings. The molecule has 2 aliphatic carbocycles. The minimum Gasteiger partial charge on any atom is -0.324 e. The summed E-state index contributed by atoms with van der Waals surface area (Å²) in [4.78, 5) is 0. The second kappa shape index (κ2) is 21.1. The van der Waals surface area contributed by atoms with Crippen LogP contribution in [0, 0.1) is 0 Å². The van der Waals surface area contributed by atoms with Crippen molar-refractivity contribution in [1.29, 1.82) is 0 Å². The van der Waals surface area contributed by atoms with Crippen molar-refractivity contribution in [3.63, 3.8) is 0 Å². The van der Waals surface area contributed by atoms with Gasteiger partial charge in [-0.1, -0.05) is 139 Å². The van der Waals surface area contributed by atoms with Crippen molar-refractivity contribution < 1.29 is 0 Å². The van der Waals surface area contributed by atoms with Crippen LogP contribution in [0.4, 0.5) is 0 Å². The Morgan fingerprint density at radius 3 is 1.35 bits per heavy atom. The highest BCUT2D eigenvalue weighted by Crippen LogP contribution is 2.52. The van der Waals surface area contributed by atoms with E-state index < -0.39 is 33.9 Å². The van der Waals surface area contributed by atoms with Crippen molar-refractivity contribution in [2.45, 2.75) is 264 Å². The quantitative estimate of drug-likeness (QED) is 0.111. The van der Waals surface area contributed by atoms with E-state index in [0.717, 1.165) is 28.5 Å². The molecule has 4 nitrogen and oxygen atoms in total. The van der Waals surface area contributed by atoms with E-state index in [2.05, 4.69) is 136 Å². The van der Waals surface area contributed by atoms with Crippen LogP contribution >= 0.6 is 0 Å². The Labute approximate surface area is 335 Å². The van der Waals surface area contributed by atoms with Crippen LogP contribution < -0.4 is 0 Å². The summed E-state index contributed by atoms with van der Waals surface area (Å²) in [6, 6.07) is 4.92. The Kier molecular flexibility index (Phi) is 19.9. The maximum absolute atomic E-state index is 3.47. The Morgan fingerprint density at radius 1 is 0.608 bits per heavy atom. The molecule has 2 fully saturated rings. The average molecular weight is 814 g/mol. The zero-order valence-corrected chi connectivity index (χ0v) is 47.3. The van der Waals surface area contributed by atoms with Crippen molar-refractivity contribution in [2.24, 2.45) is 0 Å². The van der Waals surface area contributed by atoms with Gasteiger partial charge in [-0.2, -0.15) is 0 Å². The van der Waals surface area contributed by atoms with Gasteiger partial charge in [0.25, 0.3) is 0 Å². The zero-order valence-electron chi connectivity index (χ0n) is 38.5. The number of rotatable bonds is 21. The summed E-state index contributed by atoms with van der Waals surface area (Å²) in [6.45, 7) is 45.7. The summed E-state index contributed by atoms with van der Waals surface area (Å²) in [6.07, 6.45) is 18.3. The van der Waals surface area contributed by atoms with E-state index >= 15 is 0 Å². The van der Waals surface area contributed by atoms with Crippen LogP contribution in [0.1, 0.15) is 201 Å². The Hall–Kier alpha value is 1.14. The highest BCUT2D eigenvalue weighted by atomic mass is 29.3. The molecule has 0 saturated heterocycles. The Bertz CT molecular complexity index is 970. The molecule has 0 bridgehead atoms. The van der Waals surface area contributed by atoms with Crippen LogP contribution in [0.2, 0.25) is 15.0 Å². The van der Waals surface area contributed by atoms with Crippen LogP contribution in [0.25, 0.3) is 0 Å². The average Bonchev–Trinajstić information content (AvgIpc) is 3.59. The largest absolute Gasteiger partial charge is 0.324 e. The van der Waals surface area contributed by atoms with Gasteiger partial charge in [0.2, 0.25) is 7.91 Å². The number of hydrogen-bond donors (Lipinski definition) is 0. The fourth-order valence-corrected chi connectivity index (χ4v) is 66.7. The smallest absolute Gasteiger partial charge is 0.209 e. The molecule has 0 radical (unpaired) electrons. The van der Waals surface area contributed by atoms with Gasteiger partial charge in [-0.25, -0.2) is 0 Å². The standard InChI is InChI=1S/C41H96N4Si6/c1-18-32(7)42(38-29-25-26-30-38)49(36(11)46)48-41(16,17)51(45(31(5)6)40(13,14)15,44(34(9)20-3)35(10)21-4)50(37(12)47)43(33(8)19-2)39-27-23-22-24-28-39/h31-39,49-50H,18-30,48H2,1-17,46-47H3. The molecule has 0 spiro atoms. The van der Waals surface area contributed by atoms with Crippen molar-refractivity contribution in [2.75, 3.05) is 0 Å². The highest BCUT2D eigenvalue weighted by molar-refractivity contribution is 7.37. The SMILES string of the molecule is CCC(C)N(C1CCCC1)[SiH]([SiH2]C(C)(C)[Si](N(C(C)CC)C(C)CC)(N(C(C)C)C(C)(C)C)[SiH](C(C)[SiH3])N(C(C)CC)C1CCCCC1)C(C)[SiH3]. The monoisotopic (exact) mass is 813 g/mol. The van der Waals surface area contributed by atoms with Crippen LogP contribution in [-0.2, 0) is 0 Å². The first kappa shape index (κ1) is 48.3. The molecule has 0 aromatic heterocycles. The lowest BCUT2D eigenvalue weighted by molar-refractivity contribution is 0.135. The second-order valence-corrected chi connectivity index (χ2v) is 47.3. The van der Waals surface area contributed by atoms with Crippen LogP contribution in [-0.4, -0.2) is 120 Å². The van der Waals surface area contributed by atoms with Gasteiger partial charge in [-0.3, -0.25) is 0 Å². The lowest BCUT2D eigenvalue weighted by atomic mass is 9.95. The molecule has 0 N–H and O–H groups in total. The van der Waals surface area contributed by atoms with E-state index in [9.17, 15) is 0 Å². The van der Waals surface area contributed by atoms with Crippen molar-refractivity contribution in [3.8, 4) is 0 Å². The van der Waals surface area contributed by atoms with Gasteiger partial charge < -0.3 is 18.3 Å². The van der Waals surface area contributed by atoms with Crippen LogP contribution in [0.5, 0.6) is 0 Å². The van der Waals surface area contributed by atoms with Crippen LogP contribution in [0.15, 0.2) is 0 Å². The molecule has 10 heteroatoms. The van der Waals surface area contributed by atoms with E-state index in [1.807, 2.05) is 0 Å². The van der Waals surface area contributed by atoms with Gasteiger partial charge in [0.05, 0.1) is 8.48 Å². The minimum atomic E-state index is -2.45. The molecule has 2 saturated carbocycles. The molecule has 9 atom stereocenters. The third-order valence-electron chi connectivity index (χ3n) is 14.3. The molecule has 304 valence electrons. The number of hydrogen-bond acceptors (Lipinski definition) is 4. The highest BCUT2D eigenvalue weighted by Gasteiger charge is 2.68. The molecule has 51 heavy (non-hydrogen) atoms. The second-order valence-electron chi connectivity index (χ2n) is 20.5. The predicted molar refractivity (Wildman–Crippen MR) is 252 cm³/mol. The first-order chi connectivity index (χ1) is 23.7. The molecule has 0 heterocycles. The van der Waals surface area contributed by atoms with Gasteiger partial charge in [0, 0.05) is 59.2 Å². The van der Waals surface area contributed by atoms with Crippen LogP contribution in [0.3, 0.4) is 0 Å². The zero-order chi connectivity index (χ0) is 39.1. The van der Waals surface area contributed by atoms with E-state index in [0.29, 0.717) is 28.8 Å². The van der Waals surface area contributed by atoms with Gasteiger partial charge >= 0.3 is 0 Å². The van der Waals surface area contributed by atoms with E-state index in [1.54, 1.807) is 0 Å². The topological polar surface area (TPSA) is 13.0 Å². The normalized spacial score (nSPS) is 23.9. The minimum absolute atomic E-state index is 0.131. The lowest BCUT2D eigenvalue weighted by Gasteiger charge is -2.70. The predicted octanol–water partition coefficient (Wildman–Crippen LogP) is 7.67. The summed E-state index contributed by atoms with van der Waals surface area (Å²) in [7, 11) is -2.98. The van der Waals surface area contributed by atoms with E-state index in [1.165, 1.54) is 104 Å². The fourth-order valence-electron chi connectivity index (χ4n) is 11.9. The summed E-state index contributed by atoms with van der Waals surface area (Å²) < 4.78 is 14.2. The summed E-state index contributed by atoms with van der Waals surface area (Å²) in [5.74, 6) is 0. The molecule has 9 unspecified atom stereocenters. The van der Waals surface area contributed by atoms with Crippen molar-refractivity contribution >= 4 is 54.4 Å². The summed E-state index contributed by atoms with van der Waals surface area (Å²) >= 11 is 0. The third kappa shape index (κ3) is 11.0. The lowest BCUT2D eigenvalue weighted by Crippen LogP contribution is -2.89. The van der Waals surface area contributed by atoms with Gasteiger partial charge in [0.1, 0.15) is 8.48 Å². The first-order valence-electron chi connectivity index (χ1n) is 22.8. The molecular formula is C41H96N4Si6. The molecule has 2 aliphatic rings. The maximum atomic E-state index is 3.47. The molecule has 0 aliphatic heterocycles. The molecule has 2 rings (SSSR count). The maximum Gasteiger partial charge on any atom is 0.209 e. The fraction of sp³-hybridized carbons (Fsp3) is 1.00. The Morgan fingerprint density at radius 2 is 1.00 bits per heavy atom. The molecule has 0 amide bonds. The molecule has 0 aromatic carbocycles. The Balaban J connectivity index is 3.27. The van der Waals surface area contributed by atoms with E-state index in [4.69, 9.17) is 0 Å². The van der Waals surface area contributed by atoms with Gasteiger partial charge in [-0.15, -0.1) is 0 Å².